The summed E-state index contributed by atoms with van der Waals surface area (Å²) in [6, 6.07) is 3.73. The van der Waals surface area contributed by atoms with E-state index in [4.69, 9.17) is 23.2 Å². The molecule has 0 aromatic heterocycles. The van der Waals surface area contributed by atoms with Gasteiger partial charge in [-0.25, -0.2) is 22.9 Å². The lowest BCUT2D eigenvalue weighted by molar-refractivity contribution is -0.118. The first-order valence-corrected chi connectivity index (χ1v) is 8.33. The average Bonchev–Trinajstić information content (AvgIpc) is 2.35. The maximum Gasteiger partial charge on any atom is 0.347 e. The number of nitrogens with one attached hydrogen (secondary N) is 2. The van der Waals surface area contributed by atoms with Crippen LogP contribution in [0.5, 0.6) is 0 Å². The van der Waals surface area contributed by atoms with Gasteiger partial charge in [-0.15, -0.1) is 0 Å². The fraction of sp³-hybridized carbons (Fsp3) is 0.250. The molecule has 1 atom stereocenters. The number of rotatable bonds is 4. The summed E-state index contributed by atoms with van der Waals surface area (Å²) in [4.78, 5) is 26.2. The highest BCUT2D eigenvalue weighted by atomic mass is 35.5. The molecule has 1 unspecified atom stereocenters. The Bertz CT molecular complexity index is 777. The van der Waals surface area contributed by atoms with E-state index in [1.54, 1.807) is 12.1 Å². The first kappa shape index (κ1) is 16.9. The molecular formula is C12H11Cl2N3O4S. The van der Waals surface area contributed by atoms with Crippen molar-refractivity contribution >= 4 is 50.9 Å². The Hall–Kier alpha value is -1.48. The van der Waals surface area contributed by atoms with Crippen molar-refractivity contribution in [3.8, 4) is 0 Å². The summed E-state index contributed by atoms with van der Waals surface area (Å²) >= 11 is 11.7. The van der Waals surface area contributed by atoms with E-state index in [1.807, 2.05) is 5.32 Å². The van der Waals surface area contributed by atoms with Gasteiger partial charge in [0.15, 0.2) is 5.25 Å². The average molecular weight is 364 g/mol. The van der Waals surface area contributed by atoms with Crippen molar-refractivity contribution in [3.63, 3.8) is 0 Å². The minimum atomic E-state index is -4.07. The van der Waals surface area contributed by atoms with Gasteiger partial charge < -0.3 is 0 Å². The third-order valence-corrected chi connectivity index (χ3v) is 5.22. The molecule has 0 bridgehead atoms. The van der Waals surface area contributed by atoms with Crippen molar-refractivity contribution < 1.29 is 18.0 Å². The normalized spacial score (nSPS) is 18.9. The quantitative estimate of drug-likeness (QED) is 0.845. The minimum Gasteiger partial charge on any atom is -0.275 e. The van der Waals surface area contributed by atoms with E-state index in [0.717, 1.165) is 0 Å². The number of urea groups is 1. The number of hydrogen-bond donors (Lipinski definition) is 2. The van der Waals surface area contributed by atoms with Gasteiger partial charge in [-0.2, -0.15) is 0 Å². The molecule has 2 N–H and O–H groups in total. The molecule has 22 heavy (non-hydrogen) atoms. The maximum absolute atomic E-state index is 12.2. The Kier molecular flexibility index (Phi) is 4.86. The van der Waals surface area contributed by atoms with Crippen molar-refractivity contribution in [1.29, 1.82) is 0 Å². The van der Waals surface area contributed by atoms with Crippen molar-refractivity contribution in [2.24, 2.45) is 4.99 Å². The van der Waals surface area contributed by atoms with Crippen LogP contribution in [0.4, 0.5) is 4.79 Å². The number of halogens is 2. The number of aliphatic imine (C=N–C) groups is 1. The molecule has 0 radical (unpaired) electrons. The Morgan fingerprint density at radius 3 is 2.59 bits per heavy atom. The molecule has 3 amide bonds. The van der Waals surface area contributed by atoms with Crippen LogP contribution >= 0.6 is 23.2 Å². The lowest BCUT2D eigenvalue weighted by Gasteiger charge is -2.20. The zero-order chi connectivity index (χ0) is 16.5. The van der Waals surface area contributed by atoms with Gasteiger partial charge in [0.25, 0.3) is 5.91 Å². The molecule has 1 aromatic rings. The first-order valence-electron chi connectivity index (χ1n) is 6.03. The van der Waals surface area contributed by atoms with E-state index >= 15 is 0 Å². The third kappa shape index (κ3) is 3.64. The molecule has 1 aromatic carbocycles. The summed E-state index contributed by atoms with van der Waals surface area (Å²) in [6.45, 7) is 1.18. The van der Waals surface area contributed by atoms with E-state index in [9.17, 15) is 18.0 Å². The van der Waals surface area contributed by atoms with Crippen LogP contribution in [0, 0.1) is 0 Å². The van der Waals surface area contributed by atoms with E-state index < -0.39 is 27.2 Å². The largest absolute Gasteiger partial charge is 0.347 e. The van der Waals surface area contributed by atoms with Crippen molar-refractivity contribution in [2.75, 3.05) is 0 Å². The molecule has 2 rings (SSSR count). The second-order valence-electron chi connectivity index (χ2n) is 4.53. The number of hydrogen-bond acceptors (Lipinski definition) is 4. The topological polar surface area (TPSA) is 105 Å². The van der Waals surface area contributed by atoms with Gasteiger partial charge in [-0.1, -0.05) is 29.3 Å². The van der Waals surface area contributed by atoms with Crippen LogP contribution in [0.25, 0.3) is 0 Å². The summed E-state index contributed by atoms with van der Waals surface area (Å²) in [6.07, 6.45) is 0. The Morgan fingerprint density at radius 2 is 2.00 bits per heavy atom. The van der Waals surface area contributed by atoms with Crippen LogP contribution in [0.15, 0.2) is 23.2 Å². The summed E-state index contributed by atoms with van der Waals surface area (Å²) in [7, 11) is -4.07. The van der Waals surface area contributed by atoms with E-state index in [1.165, 1.54) is 13.0 Å². The molecule has 0 saturated carbocycles. The smallest absolute Gasteiger partial charge is 0.275 e. The maximum atomic E-state index is 12.2. The Balaban J connectivity index is 2.19. The van der Waals surface area contributed by atoms with E-state index in [2.05, 4.69) is 9.71 Å². The van der Waals surface area contributed by atoms with Gasteiger partial charge in [-0.3, -0.25) is 10.1 Å². The molecule has 118 valence electrons. The molecule has 10 heteroatoms. The van der Waals surface area contributed by atoms with Crippen LogP contribution in [0.3, 0.4) is 0 Å². The van der Waals surface area contributed by atoms with Gasteiger partial charge in [0.1, 0.15) is 0 Å². The molecule has 1 heterocycles. The van der Waals surface area contributed by atoms with E-state index in [-0.39, 0.29) is 12.3 Å². The highest BCUT2D eigenvalue weighted by molar-refractivity contribution is 7.91. The third-order valence-electron chi connectivity index (χ3n) is 2.91. The van der Waals surface area contributed by atoms with Crippen LogP contribution < -0.4 is 10.0 Å². The Morgan fingerprint density at radius 1 is 1.32 bits per heavy atom. The first-order chi connectivity index (χ1) is 10.2. The fourth-order valence-electron chi connectivity index (χ4n) is 1.90. The van der Waals surface area contributed by atoms with Crippen molar-refractivity contribution in [3.05, 3.63) is 33.8 Å². The molecule has 0 spiro atoms. The Labute approximate surface area is 136 Å². The van der Waals surface area contributed by atoms with Crippen LogP contribution in [0.2, 0.25) is 10.0 Å². The molecule has 7 nitrogen and oxygen atoms in total. The second kappa shape index (κ2) is 6.33. The van der Waals surface area contributed by atoms with E-state index in [0.29, 0.717) is 15.6 Å². The van der Waals surface area contributed by atoms with Gasteiger partial charge >= 0.3 is 6.03 Å². The molecule has 1 aliphatic rings. The molecule has 0 saturated heterocycles. The zero-order valence-electron chi connectivity index (χ0n) is 11.3. The molecule has 0 aliphatic carbocycles. The summed E-state index contributed by atoms with van der Waals surface area (Å²) in [5, 5.41) is 1.01. The standard InChI is InChI=1S/C12H11Cl2N3O4S/c1-6-10(11(18)17-12(19)16-6)22(20,21)15-5-7-2-3-8(13)4-9(7)14/h2-4,10,15H,5H2,1H3,(H,17,18,19). The van der Waals surface area contributed by atoms with Crippen LogP contribution in [-0.4, -0.2) is 31.3 Å². The monoisotopic (exact) mass is 363 g/mol. The molecular weight excluding hydrogens is 353 g/mol. The number of amides is 3. The highest BCUT2D eigenvalue weighted by Gasteiger charge is 2.39. The van der Waals surface area contributed by atoms with Gasteiger partial charge in [0, 0.05) is 22.3 Å². The minimum absolute atomic E-state index is 0.0940. The summed E-state index contributed by atoms with van der Waals surface area (Å²) in [5.41, 5.74) is 0.403. The number of carbonyl (C=O) groups is 2. The lowest BCUT2D eigenvalue weighted by Crippen LogP contribution is -2.53. The predicted molar refractivity (Wildman–Crippen MR) is 82.7 cm³/mol. The zero-order valence-corrected chi connectivity index (χ0v) is 13.6. The van der Waals surface area contributed by atoms with Gasteiger partial charge in [0.05, 0.1) is 0 Å². The lowest BCUT2D eigenvalue weighted by atomic mass is 10.2. The number of nitrogens with zero attached hydrogens (tertiary/aromatic N) is 1. The predicted octanol–water partition coefficient (Wildman–Crippen LogP) is 1.49. The number of imide groups is 1. The number of carbonyl (C=O) groups excluding carboxylic acids is 2. The molecule has 0 fully saturated rings. The second-order valence-corrected chi connectivity index (χ2v) is 7.22. The summed E-state index contributed by atoms with van der Waals surface area (Å²) in [5.74, 6) is -0.938. The number of sulfonamides is 1. The van der Waals surface area contributed by atoms with Gasteiger partial charge in [0.2, 0.25) is 10.0 Å². The van der Waals surface area contributed by atoms with Crippen LogP contribution in [0.1, 0.15) is 12.5 Å². The SMILES string of the molecule is CC1=NC(=O)NC(=O)C1S(=O)(=O)NCc1ccc(Cl)cc1Cl. The van der Waals surface area contributed by atoms with Crippen molar-refractivity contribution in [2.45, 2.75) is 18.7 Å². The highest BCUT2D eigenvalue weighted by Crippen LogP contribution is 2.21. The van der Waals surface area contributed by atoms with Gasteiger partial charge in [-0.05, 0) is 24.6 Å². The van der Waals surface area contributed by atoms with Crippen LogP contribution in [-0.2, 0) is 21.4 Å². The fourth-order valence-corrected chi connectivity index (χ4v) is 3.74. The summed E-state index contributed by atoms with van der Waals surface area (Å²) < 4.78 is 26.7. The molecule has 1 aliphatic heterocycles. The van der Waals surface area contributed by atoms with Crippen molar-refractivity contribution in [1.82, 2.24) is 10.0 Å². The number of benzene rings is 1.